The normalized spacial score (nSPS) is 6.67. The molecule has 1 nitrogen and oxygen atoms in total. The molecule has 0 aliphatic carbocycles. The molecule has 6 heavy (non-hydrogen) atoms. The van der Waals surface area contributed by atoms with Gasteiger partial charge in [0.05, 0.1) is 5.51 Å². The van der Waals surface area contributed by atoms with Crippen molar-refractivity contribution in [3.05, 3.63) is 17.1 Å². The summed E-state index contributed by atoms with van der Waals surface area (Å²) >= 11 is 1.60. The number of nitrogens with zero attached hydrogens (tertiary/aromatic N) is 1. The second-order valence-corrected chi connectivity index (χ2v) is 1.43. The van der Waals surface area contributed by atoms with Gasteiger partial charge in [0.1, 0.15) is 0 Å². The molecule has 0 amide bonds. The summed E-state index contributed by atoms with van der Waals surface area (Å²) in [6.07, 6.45) is 1.77. The Morgan fingerprint density at radius 2 is 2.33 bits per heavy atom. The van der Waals surface area contributed by atoms with Crippen LogP contribution < -0.4 is 17.0 Å². The van der Waals surface area contributed by atoms with E-state index in [9.17, 15) is 0 Å². The van der Waals surface area contributed by atoms with Crippen LogP contribution >= 0.6 is 11.3 Å². The van der Waals surface area contributed by atoms with Crippen molar-refractivity contribution in [3.8, 4) is 0 Å². The Morgan fingerprint density at radius 3 is 2.50 bits per heavy atom. The third-order valence-corrected chi connectivity index (χ3v) is 0.869. The van der Waals surface area contributed by atoms with Gasteiger partial charge in [-0.05, 0) is 0 Å². The summed E-state index contributed by atoms with van der Waals surface area (Å²) < 4.78 is 0. The topological polar surface area (TPSA) is 12.9 Å². The largest absolute Gasteiger partial charge is 1.00 e. The Bertz CT molecular complexity index is 67.3. The summed E-state index contributed by atoms with van der Waals surface area (Å²) in [4.78, 5) is 3.74. The summed E-state index contributed by atoms with van der Waals surface area (Å²) in [5, 5.41) is 1.93. The lowest BCUT2D eigenvalue weighted by molar-refractivity contribution is -0.00000101. The number of halogens is 1. The zero-order chi connectivity index (χ0) is 3.54. The molecule has 1 aromatic heterocycles. The van der Waals surface area contributed by atoms with E-state index in [4.69, 9.17) is 0 Å². The first-order chi connectivity index (χ1) is 2.50. The van der Waals surface area contributed by atoms with E-state index in [1.54, 1.807) is 23.0 Å². The van der Waals surface area contributed by atoms with Gasteiger partial charge < -0.3 is 17.0 Å². The van der Waals surface area contributed by atoms with Crippen LogP contribution in [-0.2, 0) is 0 Å². The van der Waals surface area contributed by atoms with Crippen LogP contribution in [0.4, 0.5) is 0 Å². The molecule has 1 aromatic rings. The first-order valence-electron chi connectivity index (χ1n) is 1.32. The first kappa shape index (κ1) is 6.11. The first-order valence-corrected chi connectivity index (χ1v) is 2.26. The minimum absolute atomic E-state index is 0. The van der Waals surface area contributed by atoms with Gasteiger partial charge in [-0.25, -0.2) is 0 Å². The van der Waals surface area contributed by atoms with Crippen molar-refractivity contribution >= 4 is 11.3 Å². The second-order valence-electron chi connectivity index (χ2n) is 0.676. The molecule has 34 valence electrons. The van der Waals surface area contributed by atoms with Gasteiger partial charge in [0.2, 0.25) is 0 Å². The van der Waals surface area contributed by atoms with Gasteiger partial charge in [-0.15, -0.1) is 11.3 Å². The van der Waals surface area contributed by atoms with Crippen molar-refractivity contribution in [2.75, 3.05) is 0 Å². The highest BCUT2D eigenvalue weighted by atomic mass is 79.9. The fourth-order valence-electron chi connectivity index (χ4n) is 0.176. The third-order valence-electron chi connectivity index (χ3n) is 0.347. The summed E-state index contributed by atoms with van der Waals surface area (Å²) in [6, 6.07) is 0. The van der Waals surface area contributed by atoms with Crippen molar-refractivity contribution in [1.29, 1.82) is 0 Å². The highest BCUT2D eigenvalue weighted by Gasteiger charge is 1.59. The number of hydrogen-bond donors (Lipinski definition) is 0. The van der Waals surface area contributed by atoms with E-state index in [-0.39, 0.29) is 17.0 Å². The van der Waals surface area contributed by atoms with Crippen molar-refractivity contribution < 1.29 is 17.0 Å². The van der Waals surface area contributed by atoms with E-state index in [0.29, 0.717) is 0 Å². The van der Waals surface area contributed by atoms with Gasteiger partial charge in [-0.3, -0.25) is 4.98 Å². The minimum Gasteiger partial charge on any atom is -1.00 e. The quantitative estimate of drug-likeness (QED) is 0.439. The fraction of sp³-hybridized carbons (Fsp3) is 0. The maximum atomic E-state index is 3.74. The highest BCUT2D eigenvalue weighted by Crippen LogP contribution is 1.85. The Balaban J connectivity index is 0.000000250. The van der Waals surface area contributed by atoms with Gasteiger partial charge >= 0.3 is 0 Å². The molecule has 1 rings (SSSR count). The van der Waals surface area contributed by atoms with Crippen LogP contribution in [0, 0.1) is 0 Å². The molecular formula is C3H3BrNS-. The molecule has 0 N–H and O–H groups in total. The lowest BCUT2D eigenvalue weighted by atomic mass is 11.0. The van der Waals surface area contributed by atoms with E-state index in [1.165, 1.54) is 0 Å². The second kappa shape index (κ2) is 3.31. The zero-order valence-corrected chi connectivity index (χ0v) is 5.37. The Morgan fingerprint density at radius 1 is 1.50 bits per heavy atom. The molecule has 0 aromatic carbocycles. The Kier molecular flexibility index (Phi) is 3.37. The summed E-state index contributed by atoms with van der Waals surface area (Å²) in [6.45, 7) is 0. The van der Waals surface area contributed by atoms with Crippen molar-refractivity contribution in [1.82, 2.24) is 4.98 Å². The standard InChI is InChI=1S/C3H3NS.BrH/c1-2-5-3-4-1;/h1-3H;1H/p-1. The predicted octanol–water partition coefficient (Wildman–Crippen LogP) is -1.85. The molecule has 1 heterocycles. The van der Waals surface area contributed by atoms with Crippen LogP contribution in [0.1, 0.15) is 0 Å². The number of aromatic nitrogens is 1. The lowest BCUT2D eigenvalue weighted by Crippen LogP contribution is -3.00. The molecular weight excluding hydrogens is 162 g/mol. The van der Waals surface area contributed by atoms with E-state index in [1.807, 2.05) is 5.38 Å². The summed E-state index contributed by atoms with van der Waals surface area (Å²) in [5.41, 5.74) is 1.79. The monoisotopic (exact) mass is 164 g/mol. The fourth-order valence-corrected chi connectivity index (χ4v) is 0.527. The molecule has 0 fully saturated rings. The van der Waals surface area contributed by atoms with Gasteiger partial charge in [-0.2, -0.15) is 0 Å². The van der Waals surface area contributed by atoms with Gasteiger partial charge in [0.25, 0.3) is 0 Å². The molecule has 0 aliphatic heterocycles. The van der Waals surface area contributed by atoms with E-state index >= 15 is 0 Å². The molecule has 0 aliphatic rings. The van der Waals surface area contributed by atoms with E-state index in [0.717, 1.165) is 0 Å². The number of rotatable bonds is 0. The third kappa shape index (κ3) is 1.52. The van der Waals surface area contributed by atoms with Crippen molar-refractivity contribution in [2.45, 2.75) is 0 Å². The van der Waals surface area contributed by atoms with Crippen LogP contribution in [0.5, 0.6) is 0 Å². The van der Waals surface area contributed by atoms with Crippen LogP contribution in [-0.4, -0.2) is 4.98 Å². The lowest BCUT2D eigenvalue weighted by Gasteiger charge is -1.41. The predicted molar refractivity (Wildman–Crippen MR) is 22.1 cm³/mol. The van der Waals surface area contributed by atoms with Crippen molar-refractivity contribution in [2.24, 2.45) is 0 Å². The summed E-state index contributed by atoms with van der Waals surface area (Å²) in [7, 11) is 0. The van der Waals surface area contributed by atoms with Gasteiger partial charge in [0, 0.05) is 11.6 Å². The molecule has 0 saturated heterocycles. The van der Waals surface area contributed by atoms with Crippen LogP contribution in [0.2, 0.25) is 0 Å². The molecule has 0 radical (unpaired) electrons. The molecule has 0 unspecified atom stereocenters. The van der Waals surface area contributed by atoms with Crippen LogP contribution in [0.3, 0.4) is 0 Å². The maximum Gasteiger partial charge on any atom is 0.0791 e. The average Bonchev–Trinajstić information content (AvgIpc) is 1.76. The van der Waals surface area contributed by atoms with Gasteiger partial charge in [-0.1, -0.05) is 0 Å². The van der Waals surface area contributed by atoms with Gasteiger partial charge in [0.15, 0.2) is 0 Å². The smallest absolute Gasteiger partial charge is 0.0791 e. The Labute approximate surface area is 50.8 Å². The summed E-state index contributed by atoms with van der Waals surface area (Å²) in [5.74, 6) is 0. The van der Waals surface area contributed by atoms with Crippen LogP contribution in [0.25, 0.3) is 0 Å². The zero-order valence-electron chi connectivity index (χ0n) is 2.97. The van der Waals surface area contributed by atoms with Crippen molar-refractivity contribution in [3.63, 3.8) is 0 Å². The molecule has 0 atom stereocenters. The molecule has 0 saturated carbocycles. The minimum atomic E-state index is 0. The maximum absolute atomic E-state index is 3.74. The molecule has 0 bridgehead atoms. The van der Waals surface area contributed by atoms with E-state index in [2.05, 4.69) is 4.98 Å². The van der Waals surface area contributed by atoms with Crippen LogP contribution in [0.15, 0.2) is 17.1 Å². The van der Waals surface area contributed by atoms with E-state index < -0.39 is 0 Å². The molecule has 0 spiro atoms. The average molecular weight is 165 g/mol. The number of thiazole rings is 1. The number of hydrogen-bond acceptors (Lipinski definition) is 2. The highest BCUT2D eigenvalue weighted by molar-refractivity contribution is 7.07. The molecule has 3 heteroatoms. The Hall–Kier alpha value is 0.110. The SMILES string of the molecule is [Br-].c1cscn1.